The zero-order valence-electron chi connectivity index (χ0n) is 10.7. The van der Waals surface area contributed by atoms with Gasteiger partial charge < -0.3 is 0 Å². The predicted molar refractivity (Wildman–Crippen MR) is 68.0 cm³/mol. The van der Waals surface area contributed by atoms with E-state index in [9.17, 15) is 9.18 Å². The molecule has 0 aliphatic heterocycles. The first-order chi connectivity index (χ1) is 8.52. The van der Waals surface area contributed by atoms with Crippen molar-refractivity contribution in [2.75, 3.05) is 0 Å². The van der Waals surface area contributed by atoms with Crippen molar-refractivity contribution in [1.29, 1.82) is 0 Å². The number of halogens is 1. The van der Waals surface area contributed by atoms with E-state index in [1.54, 1.807) is 24.0 Å². The summed E-state index contributed by atoms with van der Waals surface area (Å²) in [4.78, 5) is 11.4. The lowest BCUT2D eigenvalue weighted by atomic mass is 10.0. The maximum atomic E-state index is 13.9. The lowest BCUT2D eigenvalue weighted by Gasteiger charge is -2.04. The number of aryl methyl sites for hydroxylation is 2. The van der Waals surface area contributed by atoms with Gasteiger partial charge in [0.05, 0.1) is 5.69 Å². The summed E-state index contributed by atoms with van der Waals surface area (Å²) in [5, 5.41) is 4.29. The lowest BCUT2D eigenvalue weighted by molar-refractivity contribution is 0.101. The van der Waals surface area contributed by atoms with E-state index in [4.69, 9.17) is 0 Å². The lowest BCUT2D eigenvalue weighted by Crippen LogP contribution is -1.95. The summed E-state index contributed by atoms with van der Waals surface area (Å²) < 4.78 is 15.6. The second-order valence-electron chi connectivity index (χ2n) is 4.27. The number of carbonyl (C=O) groups is 1. The molecule has 0 saturated heterocycles. The Hall–Kier alpha value is -1.97. The van der Waals surface area contributed by atoms with Gasteiger partial charge >= 0.3 is 0 Å². The van der Waals surface area contributed by atoms with Gasteiger partial charge in [0.25, 0.3) is 0 Å². The molecule has 94 valence electrons. The molecular formula is C14H15FN2O. The highest BCUT2D eigenvalue weighted by molar-refractivity contribution is 5.95. The van der Waals surface area contributed by atoms with Crippen molar-refractivity contribution < 1.29 is 9.18 Å². The molecule has 0 N–H and O–H groups in total. The van der Waals surface area contributed by atoms with Gasteiger partial charge in [-0.2, -0.15) is 5.10 Å². The highest BCUT2D eigenvalue weighted by Crippen LogP contribution is 2.27. The number of rotatable bonds is 3. The van der Waals surface area contributed by atoms with Gasteiger partial charge in [0.2, 0.25) is 0 Å². The van der Waals surface area contributed by atoms with E-state index < -0.39 is 0 Å². The number of aromatic nitrogens is 2. The Kier molecular flexibility index (Phi) is 3.28. The molecule has 0 bridgehead atoms. The fraction of sp³-hybridized carbons (Fsp3) is 0.286. The predicted octanol–water partition coefficient (Wildman–Crippen LogP) is 2.99. The summed E-state index contributed by atoms with van der Waals surface area (Å²) in [6.45, 7) is 3.44. The van der Waals surface area contributed by atoms with Gasteiger partial charge in [0.15, 0.2) is 5.78 Å². The molecule has 0 fully saturated rings. The summed E-state index contributed by atoms with van der Waals surface area (Å²) in [6, 6.07) is 4.43. The average molecular weight is 246 g/mol. The van der Waals surface area contributed by atoms with Crippen molar-refractivity contribution in [3.63, 3.8) is 0 Å². The van der Waals surface area contributed by atoms with E-state index in [1.807, 2.05) is 6.92 Å². The number of Topliss-reactive ketones (excluding diaryl/α,β-unsaturated/α-hetero) is 1. The molecule has 3 nitrogen and oxygen atoms in total. The molecule has 4 heteroatoms. The molecule has 0 saturated carbocycles. The molecule has 0 atom stereocenters. The number of nitrogens with zero attached hydrogens (tertiary/aromatic N) is 2. The van der Waals surface area contributed by atoms with Crippen LogP contribution in [0.1, 0.15) is 29.9 Å². The molecule has 18 heavy (non-hydrogen) atoms. The number of carbonyl (C=O) groups excluding carboxylic acids is 1. The van der Waals surface area contributed by atoms with Crippen molar-refractivity contribution in [1.82, 2.24) is 9.78 Å². The molecule has 1 aromatic carbocycles. The molecule has 2 aromatic rings. The van der Waals surface area contributed by atoms with Crippen molar-refractivity contribution >= 4 is 5.78 Å². The zero-order valence-corrected chi connectivity index (χ0v) is 10.7. The van der Waals surface area contributed by atoms with E-state index in [0.29, 0.717) is 11.1 Å². The molecule has 0 aliphatic carbocycles. The van der Waals surface area contributed by atoms with Crippen LogP contribution in [0.4, 0.5) is 4.39 Å². The summed E-state index contributed by atoms with van der Waals surface area (Å²) >= 11 is 0. The van der Waals surface area contributed by atoms with Gasteiger partial charge in [-0.25, -0.2) is 4.39 Å². The van der Waals surface area contributed by atoms with Gasteiger partial charge in [-0.15, -0.1) is 0 Å². The van der Waals surface area contributed by atoms with Gasteiger partial charge in [-0.3, -0.25) is 9.48 Å². The Morgan fingerprint density at radius 2 is 2.11 bits per heavy atom. The average Bonchev–Trinajstić information content (AvgIpc) is 2.70. The first-order valence-electron chi connectivity index (χ1n) is 5.86. The van der Waals surface area contributed by atoms with E-state index in [0.717, 1.165) is 17.7 Å². The maximum absolute atomic E-state index is 13.9. The van der Waals surface area contributed by atoms with Gasteiger partial charge in [-0.05, 0) is 31.5 Å². The first-order valence-corrected chi connectivity index (χ1v) is 5.86. The van der Waals surface area contributed by atoms with Crippen LogP contribution in [0.5, 0.6) is 0 Å². The fourth-order valence-electron chi connectivity index (χ4n) is 1.97. The third-order valence-corrected chi connectivity index (χ3v) is 2.90. The Labute approximate surface area is 105 Å². The minimum Gasteiger partial charge on any atom is -0.295 e. The Bertz CT molecular complexity index is 602. The quantitative estimate of drug-likeness (QED) is 0.780. The van der Waals surface area contributed by atoms with Crippen LogP contribution in [-0.2, 0) is 13.5 Å². The number of hydrogen-bond acceptors (Lipinski definition) is 2. The molecule has 2 rings (SSSR count). The van der Waals surface area contributed by atoms with E-state index in [-0.39, 0.29) is 11.6 Å². The van der Waals surface area contributed by atoms with Crippen LogP contribution in [-0.4, -0.2) is 15.6 Å². The highest BCUT2D eigenvalue weighted by atomic mass is 19.1. The highest BCUT2D eigenvalue weighted by Gasteiger charge is 2.14. The Balaban J connectivity index is 2.62. The van der Waals surface area contributed by atoms with E-state index >= 15 is 0 Å². The van der Waals surface area contributed by atoms with Crippen molar-refractivity contribution in [2.45, 2.75) is 20.3 Å². The van der Waals surface area contributed by atoms with Gasteiger partial charge in [-0.1, -0.05) is 6.92 Å². The second kappa shape index (κ2) is 4.72. The van der Waals surface area contributed by atoms with Crippen molar-refractivity contribution in [3.8, 4) is 11.1 Å². The Morgan fingerprint density at radius 1 is 1.39 bits per heavy atom. The second-order valence-corrected chi connectivity index (χ2v) is 4.27. The molecule has 0 radical (unpaired) electrons. The van der Waals surface area contributed by atoms with E-state index in [1.165, 1.54) is 19.1 Å². The van der Waals surface area contributed by atoms with Crippen LogP contribution in [0, 0.1) is 5.82 Å². The number of benzene rings is 1. The summed E-state index contributed by atoms with van der Waals surface area (Å²) in [6.07, 6.45) is 2.50. The minimum atomic E-state index is -0.331. The van der Waals surface area contributed by atoms with Crippen LogP contribution < -0.4 is 0 Å². The standard InChI is InChI=1S/C14H15FN2O/c1-4-14-12(8-17(3)16-14)11-7-10(9(2)18)5-6-13(11)15/h5-8H,4H2,1-3H3. The molecule has 0 aliphatic rings. The summed E-state index contributed by atoms with van der Waals surface area (Å²) in [7, 11) is 1.80. The summed E-state index contributed by atoms with van der Waals surface area (Å²) in [5.41, 5.74) is 2.53. The topological polar surface area (TPSA) is 34.9 Å². The SMILES string of the molecule is CCc1nn(C)cc1-c1cc(C(C)=O)ccc1F. The largest absolute Gasteiger partial charge is 0.295 e. The summed E-state index contributed by atoms with van der Waals surface area (Å²) in [5.74, 6) is -0.402. The minimum absolute atomic E-state index is 0.0711. The van der Waals surface area contributed by atoms with Crippen molar-refractivity contribution in [3.05, 3.63) is 41.5 Å². The van der Waals surface area contributed by atoms with Crippen molar-refractivity contribution in [2.24, 2.45) is 7.05 Å². The fourth-order valence-corrected chi connectivity index (χ4v) is 1.97. The van der Waals surface area contributed by atoms with Gasteiger partial charge in [0.1, 0.15) is 5.82 Å². The molecular weight excluding hydrogens is 231 g/mol. The molecule has 1 aromatic heterocycles. The molecule has 0 amide bonds. The molecule has 0 spiro atoms. The van der Waals surface area contributed by atoms with Gasteiger partial charge in [0, 0.05) is 29.9 Å². The van der Waals surface area contributed by atoms with Crippen LogP contribution in [0.3, 0.4) is 0 Å². The molecule has 0 unspecified atom stereocenters. The zero-order chi connectivity index (χ0) is 13.3. The van der Waals surface area contributed by atoms with Crippen LogP contribution >= 0.6 is 0 Å². The number of ketones is 1. The van der Waals surface area contributed by atoms with Crippen LogP contribution in [0.25, 0.3) is 11.1 Å². The third-order valence-electron chi connectivity index (χ3n) is 2.90. The smallest absolute Gasteiger partial charge is 0.159 e. The normalized spacial score (nSPS) is 10.7. The molecule has 1 heterocycles. The van der Waals surface area contributed by atoms with Crippen LogP contribution in [0.2, 0.25) is 0 Å². The first kappa shape index (κ1) is 12.5. The van der Waals surface area contributed by atoms with Crippen LogP contribution in [0.15, 0.2) is 24.4 Å². The third kappa shape index (κ3) is 2.18. The monoisotopic (exact) mass is 246 g/mol. The number of hydrogen-bond donors (Lipinski definition) is 0. The Morgan fingerprint density at radius 3 is 2.72 bits per heavy atom. The van der Waals surface area contributed by atoms with E-state index in [2.05, 4.69) is 5.10 Å². The maximum Gasteiger partial charge on any atom is 0.159 e.